The van der Waals surface area contributed by atoms with E-state index in [9.17, 15) is 14.4 Å². The average molecular weight is 321 g/mol. The fourth-order valence-corrected chi connectivity index (χ4v) is 1.83. The second-order valence-corrected chi connectivity index (χ2v) is 6.10. The minimum atomic E-state index is -0.677. The van der Waals surface area contributed by atoms with E-state index in [1.54, 1.807) is 20.8 Å². The number of amides is 1. The molecule has 1 N–H and O–H groups in total. The summed E-state index contributed by atoms with van der Waals surface area (Å²) >= 11 is 0. The zero-order valence-corrected chi connectivity index (χ0v) is 13.7. The van der Waals surface area contributed by atoms with Crippen molar-refractivity contribution in [2.24, 2.45) is 0 Å². The first-order valence-electron chi connectivity index (χ1n) is 7.43. The number of ether oxygens (including phenoxy) is 2. The summed E-state index contributed by atoms with van der Waals surface area (Å²) < 4.78 is 10.2. The van der Waals surface area contributed by atoms with E-state index in [4.69, 9.17) is 9.47 Å². The Kier molecular flexibility index (Phi) is 7.25. The molecule has 6 heteroatoms. The molecule has 1 aromatic carbocycles. The second-order valence-electron chi connectivity index (χ2n) is 6.10. The molecule has 23 heavy (non-hydrogen) atoms. The lowest BCUT2D eigenvalue weighted by Crippen LogP contribution is -2.38. The fraction of sp³-hybridized carbons (Fsp3) is 0.471. The normalized spacial score (nSPS) is 12.1. The quantitative estimate of drug-likeness (QED) is 0.616. The van der Waals surface area contributed by atoms with E-state index in [1.165, 1.54) is 0 Å². The zero-order valence-electron chi connectivity index (χ0n) is 13.7. The molecule has 0 fully saturated rings. The molecule has 0 saturated carbocycles. The Labute approximate surface area is 136 Å². The van der Waals surface area contributed by atoms with Crippen molar-refractivity contribution in [1.29, 1.82) is 0 Å². The van der Waals surface area contributed by atoms with Crippen LogP contribution in [0.4, 0.5) is 4.79 Å². The van der Waals surface area contributed by atoms with E-state index >= 15 is 0 Å². The molecular weight excluding hydrogens is 298 g/mol. The van der Waals surface area contributed by atoms with Gasteiger partial charge in [0.05, 0.1) is 6.42 Å². The summed E-state index contributed by atoms with van der Waals surface area (Å²) in [5.41, 5.74) is 0.234. The topological polar surface area (TPSA) is 81.7 Å². The summed E-state index contributed by atoms with van der Waals surface area (Å²) in [6, 6.07) is 8.56. The van der Waals surface area contributed by atoms with Crippen LogP contribution in [0.15, 0.2) is 30.3 Å². The first kappa shape index (κ1) is 18.7. The predicted octanol–water partition coefficient (Wildman–Crippen LogP) is 2.60. The molecular formula is C17H23NO5. The van der Waals surface area contributed by atoms with Crippen molar-refractivity contribution >= 4 is 18.3 Å². The van der Waals surface area contributed by atoms with Gasteiger partial charge in [0, 0.05) is 12.5 Å². The Hall–Kier alpha value is -2.37. The summed E-state index contributed by atoms with van der Waals surface area (Å²) in [4.78, 5) is 34.2. The lowest BCUT2D eigenvalue weighted by atomic mass is 10.1. The first-order valence-corrected chi connectivity index (χ1v) is 7.43. The van der Waals surface area contributed by atoms with Gasteiger partial charge >= 0.3 is 12.1 Å². The molecule has 0 saturated heterocycles. The average Bonchev–Trinajstić information content (AvgIpc) is 2.44. The van der Waals surface area contributed by atoms with Gasteiger partial charge < -0.3 is 19.6 Å². The predicted molar refractivity (Wildman–Crippen MR) is 84.7 cm³/mol. The molecule has 1 amide bonds. The molecule has 0 radical (unpaired) electrons. The highest BCUT2D eigenvalue weighted by Gasteiger charge is 2.22. The highest BCUT2D eigenvalue weighted by molar-refractivity contribution is 5.74. The van der Waals surface area contributed by atoms with Gasteiger partial charge in [-0.1, -0.05) is 30.3 Å². The third kappa shape index (κ3) is 8.60. The van der Waals surface area contributed by atoms with Crippen LogP contribution in [0.3, 0.4) is 0 Å². The number of benzene rings is 1. The smallest absolute Gasteiger partial charge is 0.407 e. The third-order valence-corrected chi connectivity index (χ3v) is 2.75. The molecule has 0 heterocycles. The molecule has 1 atom stereocenters. The first-order chi connectivity index (χ1) is 10.8. The van der Waals surface area contributed by atoms with Crippen molar-refractivity contribution in [3.8, 4) is 0 Å². The number of hydrogen-bond acceptors (Lipinski definition) is 5. The number of rotatable bonds is 7. The van der Waals surface area contributed by atoms with E-state index in [1.807, 2.05) is 30.3 Å². The summed E-state index contributed by atoms with van der Waals surface area (Å²) in [7, 11) is 0. The van der Waals surface area contributed by atoms with Gasteiger partial charge in [0.15, 0.2) is 0 Å². The number of hydrogen-bond donors (Lipinski definition) is 1. The van der Waals surface area contributed by atoms with Gasteiger partial charge in [-0.15, -0.1) is 0 Å². The molecule has 0 spiro atoms. The van der Waals surface area contributed by atoms with Crippen molar-refractivity contribution in [3.63, 3.8) is 0 Å². The summed E-state index contributed by atoms with van der Waals surface area (Å²) in [5, 5.41) is 2.51. The van der Waals surface area contributed by atoms with Gasteiger partial charge in [0.1, 0.15) is 18.5 Å². The van der Waals surface area contributed by atoms with Crippen LogP contribution < -0.4 is 5.32 Å². The van der Waals surface area contributed by atoms with Crippen molar-refractivity contribution in [2.75, 3.05) is 0 Å². The summed E-state index contributed by atoms with van der Waals surface area (Å²) in [6.07, 6.45) is -0.105. The van der Waals surface area contributed by atoms with Crippen molar-refractivity contribution in [2.45, 2.75) is 51.9 Å². The molecule has 126 valence electrons. The number of aldehydes is 1. The van der Waals surface area contributed by atoms with Crippen LogP contribution in [-0.4, -0.2) is 30.0 Å². The molecule has 0 aromatic heterocycles. The van der Waals surface area contributed by atoms with Crippen LogP contribution in [0.5, 0.6) is 0 Å². The highest BCUT2D eigenvalue weighted by Crippen LogP contribution is 2.10. The van der Waals surface area contributed by atoms with Gasteiger partial charge in [0.2, 0.25) is 0 Å². The largest absolute Gasteiger partial charge is 0.460 e. The van der Waals surface area contributed by atoms with Gasteiger partial charge in [-0.25, -0.2) is 4.79 Å². The SMILES string of the molecule is CC(C)(C)OC(=O)C[C@H](CC=O)NC(=O)OCc1ccccc1. The van der Waals surface area contributed by atoms with Crippen LogP contribution in [0, 0.1) is 0 Å². The standard InChI is InChI=1S/C17H23NO5/c1-17(2,3)23-15(20)11-14(9-10-19)18-16(21)22-12-13-7-5-4-6-8-13/h4-8,10,14H,9,11-12H2,1-3H3,(H,18,21)/t14-/m0/s1. The third-order valence-electron chi connectivity index (χ3n) is 2.75. The van der Waals surface area contributed by atoms with E-state index in [-0.39, 0.29) is 19.4 Å². The minimum Gasteiger partial charge on any atom is -0.460 e. The molecule has 1 rings (SSSR count). The van der Waals surface area contributed by atoms with E-state index < -0.39 is 23.7 Å². The second kappa shape index (κ2) is 8.92. The Morgan fingerprint density at radius 3 is 2.43 bits per heavy atom. The van der Waals surface area contributed by atoms with Crippen LogP contribution >= 0.6 is 0 Å². The maximum absolute atomic E-state index is 11.8. The maximum atomic E-state index is 11.8. The van der Waals surface area contributed by atoms with Gasteiger partial charge in [-0.3, -0.25) is 4.79 Å². The van der Waals surface area contributed by atoms with Crippen molar-refractivity contribution in [1.82, 2.24) is 5.32 Å². The maximum Gasteiger partial charge on any atom is 0.407 e. The van der Waals surface area contributed by atoms with Gasteiger partial charge in [0.25, 0.3) is 0 Å². The molecule has 0 aliphatic heterocycles. The molecule has 0 aliphatic carbocycles. The van der Waals surface area contributed by atoms with Crippen molar-refractivity contribution in [3.05, 3.63) is 35.9 Å². The molecule has 0 aliphatic rings. The van der Waals surface area contributed by atoms with E-state index in [0.29, 0.717) is 6.29 Å². The molecule has 6 nitrogen and oxygen atoms in total. The number of nitrogens with one attached hydrogen (secondary N) is 1. The van der Waals surface area contributed by atoms with Crippen molar-refractivity contribution < 1.29 is 23.9 Å². The van der Waals surface area contributed by atoms with Gasteiger partial charge in [-0.05, 0) is 26.3 Å². The Morgan fingerprint density at radius 1 is 1.22 bits per heavy atom. The highest BCUT2D eigenvalue weighted by atomic mass is 16.6. The summed E-state index contributed by atoms with van der Waals surface area (Å²) in [6.45, 7) is 5.37. The zero-order chi connectivity index (χ0) is 17.3. The molecule has 0 unspecified atom stereocenters. The lowest BCUT2D eigenvalue weighted by Gasteiger charge is -2.22. The number of carbonyl (C=O) groups excluding carboxylic acids is 3. The van der Waals surface area contributed by atoms with Crippen LogP contribution in [-0.2, 0) is 25.7 Å². The minimum absolute atomic E-state index is 0.0136. The number of alkyl carbamates (subject to hydrolysis) is 1. The number of esters is 1. The lowest BCUT2D eigenvalue weighted by molar-refractivity contribution is -0.155. The Bertz CT molecular complexity index is 522. The van der Waals surface area contributed by atoms with E-state index in [2.05, 4.69) is 5.32 Å². The van der Waals surface area contributed by atoms with Gasteiger partial charge in [-0.2, -0.15) is 0 Å². The summed E-state index contributed by atoms with van der Waals surface area (Å²) in [5.74, 6) is -0.479. The van der Waals surface area contributed by atoms with Crippen LogP contribution in [0.2, 0.25) is 0 Å². The Morgan fingerprint density at radius 2 is 1.87 bits per heavy atom. The Balaban J connectivity index is 2.46. The fourth-order valence-electron chi connectivity index (χ4n) is 1.83. The van der Waals surface area contributed by atoms with Crippen LogP contribution in [0.25, 0.3) is 0 Å². The van der Waals surface area contributed by atoms with Crippen LogP contribution in [0.1, 0.15) is 39.2 Å². The molecule has 1 aromatic rings. The number of carbonyl (C=O) groups is 3. The molecule has 0 bridgehead atoms. The monoisotopic (exact) mass is 321 g/mol. The van der Waals surface area contributed by atoms with E-state index in [0.717, 1.165) is 5.56 Å².